The van der Waals surface area contributed by atoms with E-state index in [4.69, 9.17) is 9.47 Å². The summed E-state index contributed by atoms with van der Waals surface area (Å²) in [5, 5.41) is 17.4. The molecule has 0 amide bonds. The number of aromatic amines is 2. The van der Waals surface area contributed by atoms with Crippen molar-refractivity contribution in [3.63, 3.8) is 0 Å². The van der Waals surface area contributed by atoms with E-state index in [1.54, 1.807) is 0 Å². The number of benzene rings is 2. The number of aliphatic hydroxyl groups excluding tert-OH is 1. The minimum absolute atomic E-state index is 0.00596. The molecule has 4 aromatic rings. The number of hydrogen-bond donors (Lipinski definition) is 4. The van der Waals surface area contributed by atoms with Crippen molar-refractivity contribution in [2.45, 2.75) is 82.0 Å². The minimum atomic E-state index is -0.855. The van der Waals surface area contributed by atoms with Crippen LogP contribution in [0.1, 0.15) is 73.5 Å². The van der Waals surface area contributed by atoms with Crippen LogP contribution in [0.4, 0.5) is 0 Å². The molecule has 4 N–H and O–H groups in total. The summed E-state index contributed by atoms with van der Waals surface area (Å²) in [4.78, 5) is 37.6. The Morgan fingerprint density at radius 2 is 1.86 bits per heavy atom. The van der Waals surface area contributed by atoms with E-state index < -0.39 is 11.6 Å². The van der Waals surface area contributed by atoms with E-state index in [2.05, 4.69) is 82.6 Å². The summed E-state index contributed by atoms with van der Waals surface area (Å²) in [6.45, 7) is 5.74. The standard InChI is InChI=1S/C41H48N4O5/c1-5-21-15-24-19-41(40(48)50-4)36-27(13-14-45(37(21)41)38(24)46)26-12-11-23(16-32(26)44-36)29-17-28-22(6-2)20-42-33(34(28)39(47)49-3)18-30-25-9-7-8-10-31(25)43-35(29)30/h6-12,16,21,24,28-29,33-34,37-38,42-44,46H,5,13-15,17-20H2,1-4H3. The third-order valence-corrected chi connectivity index (χ3v) is 13.6. The van der Waals surface area contributed by atoms with Crippen LogP contribution in [0.2, 0.25) is 0 Å². The maximum absolute atomic E-state index is 14.1. The third-order valence-electron chi connectivity index (χ3n) is 13.6. The average Bonchev–Trinajstić information content (AvgIpc) is 3.66. The number of rotatable bonds is 4. The normalized spacial score (nSPS) is 35.2. The number of nitrogens with one attached hydrogen (secondary N) is 3. The van der Waals surface area contributed by atoms with Crippen LogP contribution in [-0.2, 0) is 37.3 Å². The van der Waals surface area contributed by atoms with Crippen LogP contribution < -0.4 is 5.32 Å². The van der Waals surface area contributed by atoms with Gasteiger partial charge in [-0.25, -0.2) is 0 Å². The van der Waals surface area contributed by atoms with Gasteiger partial charge in [-0.05, 0) is 79.7 Å². The van der Waals surface area contributed by atoms with Gasteiger partial charge in [-0.3, -0.25) is 14.5 Å². The Bertz CT molecular complexity index is 2040. The number of nitrogens with zero attached hydrogens (tertiary/aromatic N) is 1. The summed E-state index contributed by atoms with van der Waals surface area (Å²) in [5.74, 6) is -0.290. The summed E-state index contributed by atoms with van der Waals surface area (Å²) in [7, 11) is 3.01. The highest BCUT2D eigenvalue weighted by atomic mass is 16.5. The van der Waals surface area contributed by atoms with Gasteiger partial charge in [-0.15, -0.1) is 0 Å². The Morgan fingerprint density at radius 1 is 1.04 bits per heavy atom. The maximum atomic E-state index is 14.1. The van der Waals surface area contributed by atoms with Gasteiger partial charge in [0.15, 0.2) is 0 Å². The van der Waals surface area contributed by atoms with Crippen molar-refractivity contribution in [3.8, 4) is 0 Å². The first-order valence-corrected chi connectivity index (χ1v) is 18.6. The van der Waals surface area contributed by atoms with Gasteiger partial charge in [0.2, 0.25) is 0 Å². The molecule has 4 aliphatic heterocycles. The van der Waals surface area contributed by atoms with Crippen LogP contribution in [0, 0.1) is 23.7 Å². The molecule has 2 aromatic heterocycles. The molecule has 10 atom stereocenters. The van der Waals surface area contributed by atoms with Crippen LogP contribution in [0.3, 0.4) is 0 Å². The fourth-order valence-electron chi connectivity index (χ4n) is 11.5. The maximum Gasteiger partial charge on any atom is 0.319 e. The highest BCUT2D eigenvalue weighted by Crippen LogP contribution is 2.57. The second-order valence-corrected chi connectivity index (χ2v) is 15.5. The molecular weight excluding hydrogens is 628 g/mol. The number of fused-ring (bicyclic) bond motifs is 9. The van der Waals surface area contributed by atoms with Crippen LogP contribution in [-0.4, -0.2) is 77.5 Å². The van der Waals surface area contributed by atoms with E-state index in [9.17, 15) is 14.7 Å². The van der Waals surface area contributed by atoms with Crippen LogP contribution >= 0.6 is 0 Å². The monoisotopic (exact) mass is 676 g/mol. The molecule has 1 saturated carbocycles. The van der Waals surface area contributed by atoms with E-state index in [0.29, 0.717) is 18.9 Å². The highest BCUT2D eigenvalue weighted by Gasteiger charge is 2.65. The molecule has 4 fully saturated rings. The highest BCUT2D eigenvalue weighted by molar-refractivity contribution is 5.92. The first kappa shape index (κ1) is 32.0. The number of piperidine rings is 3. The van der Waals surface area contributed by atoms with Crippen LogP contribution in [0.5, 0.6) is 0 Å². The Hall–Kier alpha value is -3.92. The summed E-state index contributed by atoms with van der Waals surface area (Å²) in [5.41, 5.74) is 8.32. The topological polar surface area (TPSA) is 120 Å². The zero-order valence-corrected chi connectivity index (χ0v) is 29.4. The Morgan fingerprint density at radius 3 is 2.64 bits per heavy atom. The lowest BCUT2D eigenvalue weighted by Gasteiger charge is -2.59. The molecule has 6 aliphatic rings. The van der Waals surface area contributed by atoms with E-state index in [-0.39, 0.29) is 47.7 Å². The zero-order valence-electron chi connectivity index (χ0n) is 29.4. The summed E-state index contributed by atoms with van der Waals surface area (Å²) in [6, 6.07) is 15.1. The number of esters is 2. The van der Waals surface area contributed by atoms with Gasteiger partial charge in [0.05, 0.1) is 20.1 Å². The van der Waals surface area contributed by atoms with Crippen molar-refractivity contribution >= 4 is 33.7 Å². The SMILES string of the molecule is CC=C1CNC2Cc3c([nH]c4ccccc34)C(c3ccc4c5c([nH]c4c3)C3(C(=O)OC)CC4CC(CC)C3N(CC5)C4O)CC1C2C(=O)OC. The van der Waals surface area contributed by atoms with Crippen LogP contribution in [0.15, 0.2) is 54.1 Å². The first-order chi connectivity index (χ1) is 24.3. The van der Waals surface area contributed by atoms with Crippen molar-refractivity contribution in [1.29, 1.82) is 0 Å². The predicted molar refractivity (Wildman–Crippen MR) is 192 cm³/mol. The predicted octanol–water partition coefficient (Wildman–Crippen LogP) is 5.46. The number of aliphatic hydroxyl groups is 1. The van der Waals surface area contributed by atoms with Crippen molar-refractivity contribution in [2.75, 3.05) is 27.3 Å². The van der Waals surface area contributed by atoms with Gasteiger partial charge >= 0.3 is 11.9 Å². The Labute approximate surface area is 292 Å². The number of para-hydroxylation sites is 1. The van der Waals surface area contributed by atoms with E-state index in [1.165, 1.54) is 47.6 Å². The zero-order chi connectivity index (χ0) is 34.5. The van der Waals surface area contributed by atoms with Gasteiger partial charge in [0, 0.05) is 70.2 Å². The van der Waals surface area contributed by atoms with Crippen molar-refractivity contribution in [3.05, 3.63) is 82.2 Å². The molecule has 3 saturated heterocycles. The number of allylic oxidation sites excluding steroid dienone is 1. The smallest absolute Gasteiger partial charge is 0.319 e. The lowest BCUT2D eigenvalue weighted by molar-refractivity contribution is -0.196. The summed E-state index contributed by atoms with van der Waals surface area (Å²) >= 11 is 0. The first-order valence-electron chi connectivity index (χ1n) is 18.6. The molecular formula is C41H48N4O5. The molecule has 10 unspecified atom stereocenters. The third kappa shape index (κ3) is 4.35. The quantitative estimate of drug-likeness (QED) is 0.168. The number of carbonyl (C=O) groups excluding carboxylic acids is 2. The molecule has 262 valence electrons. The lowest BCUT2D eigenvalue weighted by atomic mass is 9.56. The summed E-state index contributed by atoms with van der Waals surface area (Å²) < 4.78 is 11.1. The molecule has 6 heterocycles. The largest absolute Gasteiger partial charge is 0.469 e. The van der Waals surface area contributed by atoms with Gasteiger partial charge in [-0.1, -0.05) is 55.3 Å². The Kier molecular flexibility index (Phi) is 7.57. The summed E-state index contributed by atoms with van der Waals surface area (Å²) in [6.07, 6.45) is 6.37. The van der Waals surface area contributed by atoms with Crippen molar-refractivity contribution < 1.29 is 24.2 Å². The average molecular weight is 677 g/mol. The molecule has 6 bridgehead atoms. The van der Waals surface area contributed by atoms with Crippen molar-refractivity contribution in [1.82, 2.24) is 20.2 Å². The second kappa shape index (κ2) is 11.8. The molecule has 0 spiro atoms. The fourth-order valence-corrected chi connectivity index (χ4v) is 11.5. The molecule has 2 aromatic carbocycles. The molecule has 10 rings (SSSR count). The van der Waals surface area contributed by atoms with E-state index in [1.807, 2.05) is 0 Å². The number of hydrogen-bond acceptors (Lipinski definition) is 7. The van der Waals surface area contributed by atoms with Crippen LogP contribution in [0.25, 0.3) is 21.8 Å². The van der Waals surface area contributed by atoms with Gasteiger partial charge in [-0.2, -0.15) is 0 Å². The van der Waals surface area contributed by atoms with Crippen molar-refractivity contribution in [2.24, 2.45) is 23.7 Å². The Balaban J connectivity index is 1.22. The number of H-pyrrole nitrogens is 2. The van der Waals surface area contributed by atoms with Gasteiger partial charge in [0.25, 0.3) is 0 Å². The molecule has 0 radical (unpaired) electrons. The molecule has 50 heavy (non-hydrogen) atoms. The second-order valence-electron chi connectivity index (χ2n) is 15.5. The number of carbonyl (C=O) groups is 2. The molecule has 9 heteroatoms. The number of methoxy groups -OCH3 is 2. The van der Waals surface area contributed by atoms with Gasteiger partial charge in [0.1, 0.15) is 11.6 Å². The number of ether oxygens (including phenoxy) is 2. The van der Waals surface area contributed by atoms with Gasteiger partial charge < -0.3 is 29.9 Å². The van der Waals surface area contributed by atoms with E-state index >= 15 is 0 Å². The lowest BCUT2D eigenvalue weighted by Crippen LogP contribution is -2.70. The molecule has 9 nitrogen and oxygen atoms in total. The number of aromatic nitrogens is 2. The minimum Gasteiger partial charge on any atom is -0.469 e. The molecule has 2 aliphatic carbocycles. The fraction of sp³-hybridized carbons (Fsp3) is 0.512. The van der Waals surface area contributed by atoms with E-state index in [0.717, 1.165) is 60.8 Å².